The van der Waals surface area contributed by atoms with E-state index < -0.39 is 11.5 Å². The number of hydrogen-bond acceptors (Lipinski definition) is 3. The van der Waals surface area contributed by atoms with Gasteiger partial charge in [0.1, 0.15) is 0 Å². The number of hydrogen-bond donors (Lipinski definition) is 2. The number of benzene rings is 2. The van der Waals surface area contributed by atoms with Gasteiger partial charge >= 0.3 is 0 Å². The van der Waals surface area contributed by atoms with Crippen LogP contribution in [0.25, 0.3) is 0 Å². The van der Waals surface area contributed by atoms with Crippen molar-refractivity contribution in [1.82, 2.24) is 0 Å². The van der Waals surface area contributed by atoms with Gasteiger partial charge in [0.05, 0.1) is 17.1 Å². The Morgan fingerprint density at radius 3 is 2.57 bits per heavy atom. The number of Topliss-reactive ketones (excluding diaryl/α,β-unsaturated/α-hetero) is 1. The van der Waals surface area contributed by atoms with Gasteiger partial charge in [-0.3, -0.25) is 9.59 Å². The third-order valence-electron chi connectivity index (χ3n) is 3.59. The highest BCUT2D eigenvalue weighted by atomic mass is 35.5. The van der Waals surface area contributed by atoms with Crippen molar-refractivity contribution in [1.29, 1.82) is 0 Å². The summed E-state index contributed by atoms with van der Waals surface area (Å²) in [6.07, 6.45) is -0.323. The number of para-hydroxylation sites is 1. The van der Waals surface area contributed by atoms with Crippen LogP contribution < -0.4 is 5.32 Å². The van der Waals surface area contributed by atoms with Crippen LogP contribution in [0.4, 0.5) is 5.69 Å². The Morgan fingerprint density at radius 1 is 1.14 bits per heavy atom. The number of rotatable bonds is 3. The van der Waals surface area contributed by atoms with Crippen LogP contribution in [-0.2, 0) is 10.4 Å². The quantitative estimate of drug-likeness (QED) is 0.857. The van der Waals surface area contributed by atoms with Gasteiger partial charge in [0.15, 0.2) is 11.4 Å². The molecule has 0 saturated heterocycles. The Labute approximate surface area is 126 Å². The maximum atomic E-state index is 12.3. The number of carbonyl (C=O) groups excluding carboxylic acids is 2. The maximum absolute atomic E-state index is 12.3. The number of fused-ring (bicyclic) bond motifs is 1. The van der Waals surface area contributed by atoms with E-state index in [1.807, 2.05) is 0 Å². The monoisotopic (exact) mass is 301 g/mol. The smallest absolute Gasteiger partial charge is 0.261 e. The van der Waals surface area contributed by atoms with Crippen LogP contribution in [0.5, 0.6) is 0 Å². The highest BCUT2D eigenvalue weighted by Gasteiger charge is 2.47. The lowest BCUT2D eigenvalue weighted by Crippen LogP contribution is -2.36. The van der Waals surface area contributed by atoms with E-state index in [1.165, 1.54) is 0 Å². The molecule has 1 atom stereocenters. The van der Waals surface area contributed by atoms with Gasteiger partial charge in [0.25, 0.3) is 5.91 Å². The van der Waals surface area contributed by atoms with E-state index in [-0.39, 0.29) is 12.2 Å². The van der Waals surface area contributed by atoms with Gasteiger partial charge in [0, 0.05) is 11.1 Å². The summed E-state index contributed by atoms with van der Waals surface area (Å²) < 4.78 is 0. The van der Waals surface area contributed by atoms with Gasteiger partial charge in [-0.1, -0.05) is 54.1 Å². The molecular weight excluding hydrogens is 290 g/mol. The molecule has 1 aliphatic rings. The first kappa shape index (κ1) is 13.8. The fourth-order valence-electron chi connectivity index (χ4n) is 2.47. The Hall–Kier alpha value is -2.17. The molecule has 2 N–H and O–H groups in total. The molecule has 2 aromatic rings. The minimum atomic E-state index is -1.88. The second-order valence-electron chi connectivity index (χ2n) is 4.94. The zero-order chi connectivity index (χ0) is 15.0. The van der Waals surface area contributed by atoms with Gasteiger partial charge in [-0.25, -0.2) is 0 Å². The van der Waals surface area contributed by atoms with E-state index in [9.17, 15) is 14.7 Å². The fraction of sp³-hybridized carbons (Fsp3) is 0.125. The van der Waals surface area contributed by atoms with E-state index in [2.05, 4.69) is 5.32 Å². The largest absolute Gasteiger partial charge is 0.375 e. The Morgan fingerprint density at radius 2 is 1.86 bits per heavy atom. The first-order valence-electron chi connectivity index (χ1n) is 6.43. The van der Waals surface area contributed by atoms with Crippen molar-refractivity contribution in [2.24, 2.45) is 0 Å². The maximum Gasteiger partial charge on any atom is 0.261 e. The molecule has 1 amide bonds. The molecule has 1 heterocycles. The zero-order valence-corrected chi connectivity index (χ0v) is 11.7. The van der Waals surface area contributed by atoms with E-state index in [0.717, 1.165) is 0 Å². The molecular formula is C16H12ClNO3. The third-order valence-corrected chi connectivity index (χ3v) is 3.90. The summed E-state index contributed by atoms with van der Waals surface area (Å²) in [5, 5.41) is 13.6. The van der Waals surface area contributed by atoms with Crippen LogP contribution in [0.1, 0.15) is 22.3 Å². The number of anilines is 1. The molecule has 0 saturated carbocycles. The number of amides is 1. The van der Waals surface area contributed by atoms with Crippen LogP contribution in [-0.4, -0.2) is 16.8 Å². The van der Waals surface area contributed by atoms with Gasteiger partial charge in [-0.2, -0.15) is 0 Å². The number of ketones is 1. The lowest BCUT2D eigenvalue weighted by molar-refractivity contribution is -0.133. The van der Waals surface area contributed by atoms with Crippen LogP contribution in [0, 0.1) is 0 Å². The van der Waals surface area contributed by atoms with Gasteiger partial charge < -0.3 is 10.4 Å². The topological polar surface area (TPSA) is 66.4 Å². The average molecular weight is 302 g/mol. The second-order valence-corrected chi connectivity index (χ2v) is 5.35. The summed E-state index contributed by atoms with van der Waals surface area (Å²) in [5.74, 6) is -0.934. The van der Waals surface area contributed by atoms with Crippen LogP contribution >= 0.6 is 11.6 Å². The highest BCUT2D eigenvalue weighted by Crippen LogP contribution is 2.42. The average Bonchev–Trinajstić information content (AvgIpc) is 2.74. The van der Waals surface area contributed by atoms with Crippen LogP contribution in [0.15, 0.2) is 48.5 Å². The third kappa shape index (κ3) is 2.22. The van der Waals surface area contributed by atoms with E-state index >= 15 is 0 Å². The predicted molar refractivity (Wildman–Crippen MR) is 79.4 cm³/mol. The molecule has 106 valence electrons. The summed E-state index contributed by atoms with van der Waals surface area (Å²) in [7, 11) is 0. The predicted octanol–water partition coefficient (Wildman–Crippen LogP) is 2.75. The molecule has 4 nitrogen and oxygen atoms in total. The minimum Gasteiger partial charge on any atom is -0.375 e. The molecule has 0 unspecified atom stereocenters. The molecule has 0 bridgehead atoms. The molecule has 0 aromatic heterocycles. The van der Waals surface area contributed by atoms with Crippen molar-refractivity contribution in [2.45, 2.75) is 12.0 Å². The number of carbonyl (C=O) groups is 2. The minimum absolute atomic E-state index is 0.305. The molecule has 0 spiro atoms. The van der Waals surface area contributed by atoms with Gasteiger partial charge in [-0.15, -0.1) is 0 Å². The number of aliphatic hydroxyl groups is 1. The zero-order valence-electron chi connectivity index (χ0n) is 11.0. The van der Waals surface area contributed by atoms with Crippen molar-refractivity contribution in [2.75, 3.05) is 5.32 Å². The number of nitrogens with one attached hydrogen (secondary N) is 1. The van der Waals surface area contributed by atoms with E-state index in [0.29, 0.717) is 21.8 Å². The molecule has 0 fully saturated rings. The Balaban J connectivity index is 1.97. The molecule has 1 aliphatic heterocycles. The summed E-state index contributed by atoms with van der Waals surface area (Å²) in [5.41, 5.74) is -0.723. The van der Waals surface area contributed by atoms with Crippen molar-refractivity contribution in [3.8, 4) is 0 Å². The lowest BCUT2D eigenvalue weighted by atomic mass is 9.88. The summed E-state index contributed by atoms with van der Waals surface area (Å²) in [6.45, 7) is 0. The second kappa shape index (κ2) is 4.98. The highest BCUT2D eigenvalue weighted by molar-refractivity contribution is 6.34. The van der Waals surface area contributed by atoms with E-state index in [4.69, 9.17) is 11.6 Å². The van der Waals surface area contributed by atoms with Crippen LogP contribution in [0.3, 0.4) is 0 Å². The summed E-state index contributed by atoms with van der Waals surface area (Å²) >= 11 is 6.01. The standard InChI is InChI=1S/C16H12ClNO3/c17-12-8-4-7-11-14(12)18-15(20)16(11,21)9-13(19)10-5-2-1-3-6-10/h1-8,21H,9H2,(H,18,20)/t16-/m1/s1. The van der Waals surface area contributed by atoms with Crippen molar-refractivity contribution < 1.29 is 14.7 Å². The van der Waals surface area contributed by atoms with Crippen molar-refractivity contribution in [3.63, 3.8) is 0 Å². The molecule has 3 rings (SSSR count). The number of halogens is 1. The van der Waals surface area contributed by atoms with Crippen molar-refractivity contribution in [3.05, 3.63) is 64.7 Å². The van der Waals surface area contributed by atoms with Gasteiger partial charge in [0.2, 0.25) is 0 Å². The normalized spacial score (nSPS) is 20.0. The Kier molecular flexibility index (Phi) is 3.27. The molecule has 21 heavy (non-hydrogen) atoms. The molecule has 5 heteroatoms. The lowest BCUT2D eigenvalue weighted by Gasteiger charge is -2.20. The Bertz CT molecular complexity index is 730. The first-order valence-corrected chi connectivity index (χ1v) is 6.81. The molecule has 0 radical (unpaired) electrons. The molecule has 0 aliphatic carbocycles. The van der Waals surface area contributed by atoms with E-state index in [1.54, 1.807) is 48.5 Å². The fourth-order valence-corrected chi connectivity index (χ4v) is 2.69. The summed E-state index contributed by atoms with van der Waals surface area (Å²) in [4.78, 5) is 24.4. The molecule has 2 aromatic carbocycles. The van der Waals surface area contributed by atoms with Gasteiger partial charge in [-0.05, 0) is 6.07 Å². The van der Waals surface area contributed by atoms with Crippen molar-refractivity contribution >= 4 is 29.0 Å². The summed E-state index contributed by atoms with van der Waals surface area (Å²) in [6, 6.07) is 13.4. The van der Waals surface area contributed by atoms with Crippen LogP contribution in [0.2, 0.25) is 5.02 Å². The first-order chi connectivity index (χ1) is 10.0. The SMILES string of the molecule is O=C(C[C@]1(O)C(=O)Nc2c(Cl)cccc21)c1ccccc1.